The maximum atomic E-state index is 11.9. The first-order chi connectivity index (χ1) is 9.47. The summed E-state index contributed by atoms with van der Waals surface area (Å²) in [6.45, 7) is 3.92. The molecule has 6 nitrogen and oxygen atoms in total. The minimum Gasteiger partial charge on any atom is -0.347 e. The quantitative estimate of drug-likeness (QED) is 0.809. The molecule has 0 spiro atoms. The van der Waals surface area contributed by atoms with Gasteiger partial charge in [-0.2, -0.15) is 0 Å². The van der Waals surface area contributed by atoms with Crippen molar-refractivity contribution in [3.05, 3.63) is 24.0 Å². The van der Waals surface area contributed by atoms with Gasteiger partial charge in [-0.1, -0.05) is 0 Å². The summed E-state index contributed by atoms with van der Waals surface area (Å²) < 4.78 is 1.69. The first kappa shape index (κ1) is 14.7. The fourth-order valence-corrected chi connectivity index (χ4v) is 2.57. The zero-order valence-electron chi connectivity index (χ0n) is 12.0. The van der Waals surface area contributed by atoms with E-state index in [2.05, 4.69) is 5.32 Å². The summed E-state index contributed by atoms with van der Waals surface area (Å²) in [4.78, 5) is 25.8. The van der Waals surface area contributed by atoms with Crippen LogP contribution in [0.3, 0.4) is 0 Å². The smallest absolute Gasteiger partial charge is 0.274 e. The van der Waals surface area contributed by atoms with E-state index in [1.54, 1.807) is 29.9 Å². The van der Waals surface area contributed by atoms with Gasteiger partial charge in [0.25, 0.3) is 5.91 Å². The molecule has 0 aliphatic carbocycles. The highest BCUT2D eigenvalue weighted by Gasteiger charge is 2.26. The number of nitrogens with zero attached hydrogens (tertiary/aromatic N) is 2. The molecule has 20 heavy (non-hydrogen) atoms. The average molecular weight is 278 g/mol. The molecule has 3 N–H and O–H groups in total. The van der Waals surface area contributed by atoms with Gasteiger partial charge in [-0.25, -0.2) is 0 Å². The van der Waals surface area contributed by atoms with Gasteiger partial charge in [0.1, 0.15) is 5.69 Å². The van der Waals surface area contributed by atoms with Crippen LogP contribution in [0.2, 0.25) is 0 Å². The molecule has 2 unspecified atom stereocenters. The molecule has 0 bridgehead atoms. The maximum absolute atomic E-state index is 11.9. The number of hydrogen-bond acceptors (Lipinski definition) is 4. The van der Waals surface area contributed by atoms with Gasteiger partial charge in [0.05, 0.1) is 6.54 Å². The molecular weight excluding hydrogens is 256 g/mol. The summed E-state index contributed by atoms with van der Waals surface area (Å²) in [5, 5.41) is 2.42. The number of aryl methyl sites for hydroxylation is 1. The van der Waals surface area contributed by atoms with Crippen LogP contribution in [0.1, 0.15) is 23.8 Å². The van der Waals surface area contributed by atoms with Crippen molar-refractivity contribution in [1.82, 2.24) is 14.8 Å². The number of nitrogens with two attached hydrogens (primary N) is 1. The average Bonchev–Trinajstić information content (AvgIpc) is 2.97. The molecule has 1 aliphatic heterocycles. The van der Waals surface area contributed by atoms with E-state index in [4.69, 9.17) is 5.73 Å². The van der Waals surface area contributed by atoms with Crippen LogP contribution in [0.4, 0.5) is 0 Å². The zero-order valence-corrected chi connectivity index (χ0v) is 12.0. The van der Waals surface area contributed by atoms with Crippen molar-refractivity contribution in [1.29, 1.82) is 0 Å². The summed E-state index contributed by atoms with van der Waals surface area (Å²) in [5.74, 6) is -0.182. The SMILES string of the molecule is CC(N)C1CCN(CC(=O)NC(=O)c2cccn2C)C1. The van der Waals surface area contributed by atoms with E-state index in [1.807, 2.05) is 11.8 Å². The van der Waals surface area contributed by atoms with Gasteiger partial charge in [0.15, 0.2) is 0 Å². The van der Waals surface area contributed by atoms with E-state index in [0.717, 1.165) is 19.5 Å². The van der Waals surface area contributed by atoms with Crippen molar-refractivity contribution in [2.45, 2.75) is 19.4 Å². The van der Waals surface area contributed by atoms with Gasteiger partial charge in [0, 0.05) is 25.8 Å². The van der Waals surface area contributed by atoms with Crippen molar-refractivity contribution in [3.8, 4) is 0 Å². The number of aromatic nitrogens is 1. The van der Waals surface area contributed by atoms with E-state index >= 15 is 0 Å². The number of hydrogen-bond donors (Lipinski definition) is 2. The van der Waals surface area contributed by atoms with Gasteiger partial charge in [0.2, 0.25) is 5.91 Å². The van der Waals surface area contributed by atoms with E-state index in [-0.39, 0.29) is 24.4 Å². The van der Waals surface area contributed by atoms with Crippen LogP contribution >= 0.6 is 0 Å². The summed E-state index contributed by atoms with van der Waals surface area (Å²) in [5.41, 5.74) is 6.35. The lowest BCUT2D eigenvalue weighted by Gasteiger charge is -2.17. The molecule has 1 fully saturated rings. The van der Waals surface area contributed by atoms with Gasteiger partial charge >= 0.3 is 0 Å². The predicted molar refractivity (Wildman–Crippen MR) is 76.1 cm³/mol. The van der Waals surface area contributed by atoms with Crippen LogP contribution in [0, 0.1) is 5.92 Å². The standard InChI is InChI=1S/C14H22N4O2/c1-10(15)11-5-7-18(8-11)9-13(19)16-14(20)12-4-3-6-17(12)2/h3-4,6,10-11H,5,7-9,15H2,1-2H3,(H,16,19,20). The Morgan fingerprint density at radius 2 is 2.30 bits per heavy atom. The monoisotopic (exact) mass is 278 g/mol. The van der Waals surface area contributed by atoms with Crippen LogP contribution in [0.25, 0.3) is 0 Å². The largest absolute Gasteiger partial charge is 0.347 e. The van der Waals surface area contributed by atoms with Gasteiger partial charge in [-0.05, 0) is 37.9 Å². The third-order valence-corrected chi connectivity index (χ3v) is 3.85. The van der Waals surface area contributed by atoms with Gasteiger partial charge < -0.3 is 10.3 Å². The maximum Gasteiger partial charge on any atom is 0.274 e. The van der Waals surface area contributed by atoms with E-state index in [1.165, 1.54) is 0 Å². The molecule has 0 radical (unpaired) electrons. The number of likely N-dealkylation sites (tertiary alicyclic amines) is 1. The molecule has 0 saturated carbocycles. The fraction of sp³-hybridized carbons (Fsp3) is 0.571. The molecule has 1 saturated heterocycles. The highest BCUT2D eigenvalue weighted by molar-refractivity contribution is 6.04. The molecular formula is C14H22N4O2. The Hall–Kier alpha value is -1.66. The number of nitrogens with one attached hydrogen (secondary N) is 1. The topological polar surface area (TPSA) is 80.4 Å². The lowest BCUT2D eigenvalue weighted by atomic mass is 10.0. The molecule has 6 heteroatoms. The second kappa shape index (κ2) is 6.19. The first-order valence-electron chi connectivity index (χ1n) is 6.91. The van der Waals surface area contributed by atoms with Crippen LogP contribution in [0.5, 0.6) is 0 Å². The number of carbonyl (C=O) groups excluding carboxylic acids is 2. The number of imide groups is 1. The fourth-order valence-electron chi connectivity index (χ4n) is 2.57. The van der Waals surface area contributed by atoms with Crippen LogP contribution in [0.15, 0.2) is 18.3 Å². The van der Waals surface area contributed by atoms with Gasteiger partial charge in [-0.15, -0.1) is 0 Å². The predicted octanol–water partition coefficient (Wildman–Crippen LogP) is -0.0494. The minimum absolute atomic E-state index is 0.146. The lowest BCUT2D eigenvalue weighted by Crippen LogP contribution is -2.40. The highest BCUT2D eigenvalue weighted by Crippen LogP contribution is 2.17. The van der Waals surface area contributed by atoms with Crippen molar-refractivity contribution < 1.29 is 9.59 Å². The molecule has 1 aromatic heterocycles. The molecule has 110 valence electrons. The minimum atomic E-state index is -0.356. The van der Waals surface area contributed by atoms with Crippen LogP contribution in [-0.4, -0.2) is 47.0 Å². The number of rotatable bonds is 4. The summed E-state index contributed by atoms with van der Waals surface area (Å²) in [6, 6.07) is 3.60. The molecule has 1 aromatic rings. The second-order valence-electron chi connectivity index (χ2n) is 5.52. The Labute approximate surface area is 118 Å². The Bertz CT molecular complexity index is 495. The molecule has 0 aromatic carbocycles. The Balaban J connectivity index is 1.82. The Kier molecular flexibility index (Phi) is 4.57. The van der Waals surface area contributed by atoms with E-state index in [9.17, 15) is 9.59 Å². The summed E-state index contributed by atoms with van der Waals surface area (Å²) >= 11 is 0. The van der Waals surface area contributed by atoms with Crippen molar-refractivity contribution in [2.24, 2.45) is 18.7 Å². The molecule has 2 rings (SSSR count). The van der Waals surface area contributed by atoms with E-state index in [0.29, 0.717) is 11.6 Å². The Morgan fingerprint density at radius 3 is 2.85 bits per heavy atom. The van der Waals surface area contributed by atoms with Crippen molar-refractivity contribution in [2.75, 3.05) is 19.6 Å². The molecule has 2 heterocycles. The lowest BCUT2D eigenvalue weighted by molar-refractivity contribution is -0.121. The summed E-state index contributed by atoms with van der Waals surface area (Å²) in [6.07, 6.45) is 2.78. The normalized spacial score (nSPS) is 20.9. The highest BCUT2D eigenvalue weighted by atomic mass is 16.2. The number of amides is 2. The second-order valence-corrected chi connectivity index (χ2v) is 5.52. The zero-order chi connectivity index (χ0) is 14.7. The van der Waals surface area contributed by atoms with Crippen LogP contribution < -0.4 is 11.1 Å². The van der Waals surface area contributed by atoms with Crippen molar-refractivity contribution in [3.63, 3.8) is 0 Å². The third-order valence-electron chi connectivity index (χ3n) is 3.85. The van der Waals surface area contributed by atoms with E-state index < -0.39 is 0 Å². The van der Waals surface area contributed by atoms with Crippen molar-refractivity contribution >= 4 is 11.8 Å². The molecule has 2 atom stereocenters. The molecule has 1 aliphatic rings. The van der Waals surface area contributed by atoms with Gasteiger partial charge in [-0.3, -0.25) is 19.8 Å². The summed E-state index contributed by atoms with van der Waals surface area (Å²) in [7, 11) is 1.77. The Morgan fingerprint density at radius 1 is 1.55 bits per heavy atom. The number of carbonyl (C=O) groups is 2. The molecule has 2 amide bonds. The van der Waals surface area contributed by atoms with Crippen LogP contribution in [-0.2, 0) is 11.8 Å². The third kappa shape index (κ3) is 3.46. The first-order valence-corrected chi connectivity index (χ1v) is 6.91.